The highest BCUT2D eigenvalue weighted by molar-refractivity contribution is 6.09. The summed E-state index contributed by atoms with van der Waals surface area (Å²) in [4.78, 5) is 12.4. The molecule has 4 atom stereocenters. The van der Waals surface area contributed by atoms with E-state index in [1.54, 1.807) is 0 Å². The Bertz CT molecular complexity index is 1550. The third-order valence-corrected chi connectivity index (χ3v) is 5.60. The molecular weight excluding hydrogens is 460 g/mol. The predicted octanol–water partition coefficient (Wildman–Crippen LogP) is 2.43. The molecule has 3 aliphatic rings. The minimum atomic E-state index is -1.82. The number of carbonyl (C=O) groups is 1. The third kappa shape index (κ3) is 3.82. The fourth-order valence-corrected chi connectivity index (χ4v) is 3.92. The summed E-state index contributed by atoms with van der Waals surface area (Å²) in [6.45, 7) is -0.614. The van der Waals surface area contributed by atoms with E-state index >= 15 is 0 Å². The van der Waals surface area contributed by atoms with Crippen LogP contribution in [0.3, 0.4) is 0 Å². The lowest BCUT2D eigenvalue weighted by Crippen LogP contribution is -2.36. The molecular formula is C25H22O10. The summed E-state index contributed by atoms with van der Waals surface area (Å²) in [5, 5.41) is 51.5. The van der Waals surface area contributed by atoms with Crippen LogP contribution in [0.2, 0.25) is 0 Å². The highest BCUT2D eigenvalue weighted by atomic mass is 16.6. The maximum Gasteiger partial charge on any atom is 0.196 e. The monoisotopic (exact) mass is 487 g/mol. The van der Waals surface area contributed by atoms with Crippen molar-refractivity contribution in [2.45, 2.75) is 24.4 Å². The van der Waals surface area contributed by atoms with E-state index in [2.05, 4.69) is 0 Å². The number of fused-ring (bicyclic) bond motifs is 2. The second kappa shape index (κ2) is 8.57. The zero-order valence-corrected chi connectivity index (χ0v) is 18.0. The van der Waals surface area contributed by atoms with E-state index in [-0.39, 0.29) is 28.4 Å². The number of hydrogen-bond acceptors (Lipinski definition) is 10. The van der Waals surface area contributed by atoms with Gasteiger partial charge in [0.2, 0.25) is 0 Å². The average molecular weight is 487 g/mol. The topological polar surface area (TPSA) is 155 Å². The molecule has 0 unspecified atom stereocenters. The summed E-state index contributed by atoms with van der Waals surface area (Å²) < 4.78 is 63.0. The number of rotatable bonds is 4. The van der Waals surface area contributed by atoms with Gasteiger partial charge in [0.1, 0.15) is 22.9 Å². The molecule has 10 heteroatoms. The van der Waals surface area contributed by atoms with Crippen LogP contribution in [0.25, 0.3) is 0 Å². The molecule has 2 heterocycles. The molecule has 35 heavy (non-hydrogen) atoms. The van der Waals surface area contributed by atoms with Gasteiger partial charge in [0.15, 0.2) is 53.2 Å². The van der Waals surface area contributed by atoms with Crippen molar-refractivity contribution in [2.75, 3.05) is 13.7 Å². The highest BCUT2D eigenvalue weighted by Crippen LogP contribution is 2.45. The lowest BCUT2D eigenvalue weighted by molar-refractivity contribution is -0.113. The molecule has 0 saturated heterocycles. The molecule has 5 rings (SSSR count). The van der Waals surface area contributed by atoms with Crippen LogP contribution in [0.4, 0.5) is 0 Å². The number of aliphatic hydroxyl groups is 4. The van der Waals surface area contributed by atoms with E-state index < -0.39 is 95.6 Å². The Morgan fingerprint density at radius 2 is 1.83 bits per heavy atom. The van der Waals surface area contributed by atoms with Crippen LogP contribution in [0.5, 0.6) is 23.0 Å². The number of phenolic OH excluding ortho intramolecular Hbond substituents is 1. The maximum atomic E-state index is 12.4. The number of allylic oxidation sites excluding steroid dienone is 3. The SMILES string of the molecule is [2H]C1=C(O)C([2H])=C2O[C@@H](c3ccc4c(c3)O[C@@H](c3c([2H])c([2H])c(O)c(OC)c3[2H])[C@H](CO)O4)[C@H](O)C(O)=C2C1=O. The zero-order valence-electron chi connectivity index (χ0n) is 23.0. The normalized spacial score (nSPS) is 27.9. The van der Waals surface area contributed by atoms with Crippen molar-refractivity contribution < 1.29 is 56.1 Å². The minimum Gasteiger partial charge on any atom is -0.508 e. The molecule has 5 N–H and O–H groups in total. The fourth-order valence-electron chi connectivity index (χ4n) is 3.92. The largest absolute Gasteiger partial charge is 0.508 e. The first kappa shape index (κ1) is 17.3. The van der Waals surface area contributed by atoms with Crippen LogP contribution < -0.4 is 14.2 Å². The number of aliphatic hydroxyl groups excluding tert-OH is 4. The van der Waals surface area contributed by atoms with Crippen molar-refractivity contribution in [2.24, 2.45) is 0 Å². The summed E-state index contributed by atoms with van der Waals surface area (Å²) >= 11 is 0. The first-order chi connectivity index (χ1) is 18.9. The van der Waals surface area contributed by atoms with Gasteiger partial charge in [-0.1, -0.05) is 12.1 Å². The summed E-state index contributed by atoms with van der Waals surface area (Å²) in [5.74, 6) is -4.45. The fraction of sp³-hybridized carbons (Fsp3) is 0.240. The Morgan fingerprint density at radius 3 is 2.57 bits per heavy atom. The van der Waals surface area contributed by atoms with Crippen LogP contribution in [-0.2, 0) is 9.53 Å². The van der Waals surface area contributed by atoms with Gasteiger partial charge in [-0.2, -0.15) is 0 Å². The van der Waals surface area contributed by atoms with Crippen molar-refractivity contribution >= 4 is 5.78 Å². The van der Waals surface area contributed by atoms with Gasteiger partial charge in [-0.05, 0) is 29.8 Å². The Labute approximate surface area is 206 Å². The van der Waals surface area contributed by atoms with Crippen LogP contribution in [0, 0.1) is 0 Å². The molecule has 2 aromatic rings. The summed E-state index contributed by atoms with van der Waals surface area (Å²) in [5.41, 5.74) is -0.665. The molecule has 1 aliphatic carbocycles. The number of phenols is 1. The van der Waals surface area contributed by atoms with Gasteiger partial charge < -0.3 is 44.5 Å². The van der Waals surface area contributed by atoms with Crippen LogP contribution in [0.1, 0.15) is 30.2 Å². The van der Waals surface area contributed by atoms with E-state index in [1.807, 2.05) is 0 Å². The second-order valence-corrected chi connectivity index (χ2v) is 7.75. The number of carbonyl (C=O) groups excluding carboxylic acids is 1. The Morgan fingerprint density at radius 1 is 1.03 bits per heavy atom. The Hall–Kier alpha value is -4.15. The zero-order chi connectivity index (χ0) is 29.2. The quantitative estimate of drug-likeness (QED) is 0.434. The van der Waals surface area contributed by atoms with Gasteiger partial charge in [0.25, 0.3) is 0 Å². The summed E-state index contributed by atoms with van der Waals surface area (Å²) in [7, 11) is 1.17. The molecule has 0 amide bonds. The van der Waals surface area contributed by atoms with Crippen LogP contribution in [-0.4, -0.2) is 57.2 Å². The van der Waals surface area contributed by atoms with Crippen molar-refractivity contribution in [1.29, 1.82) is 0 Å². The number of ether oxygens (including phenoxy) is 4. The number of benzene rings is 2. The van der Waals surface area contributed by atoms with Gasteiger partial charge in [-0.15, -0.1) is 0 Å². The molecule has 0 spiro atoms. The van der Waals surface area contributed by atoms with Crippen molar-refractivity contribution in [3.63, 3.8) is 0 Å². The van der Waals surface area contributed by atoms with Crippen molar-refractivity contribution in [3.8, 4) is 23.0 Å². The number of methoxy groups -OCH3 is 1. The van der Waals surface area contributed by atoms with Gasteiger partial charge >= 0.3 is 0 Å². The summed E-state index contributed by atoms with van der Waals surface area (Å²) in [6.07, 6.45) is -5.69. The third-order valence-electron chi connectivity index (χ3n) is 5.60. The van der Waals surface area contributed by atoms with E-state index in [4.69, 9.17) is 25.8 Å². The van der Waals surface area contributed by atoms with Crippen molar-refractivity contribution in [3.05, 3.63) is 82.4 Å². The Kier molecular flexibility index (Phi) is 4.24. The van der Waals surface area contributed by atoms with E-state index in [0.29, 0.717) is 0 Å². The second-order valence-electron chi connectivity index (χ2n) is 7.75. The lowest BCUT2D eigenvalue weighted by atomic mass is 9.92. The van der Waals surface area contributed by atoms with Crippen LogP contribution >= 0.6 is 0 Å². The standard InChI is InChI=1S/C25H22O10/c1-32-17-6-11(2-4-14(17)28)24-20(10-26)33-16-5-3-12(7-18(16)34-24)25-23(31)22(30)21-15(29)8-13(27)9-19(21)35-25/h2-9,20,23-28,30-31H,10H2,1H3/t20-,23+,24-,25-/m0/s1/i2D,4D,6D,8D,9D. The first-order valence-corrected chi connectivity index (χ1v) is 10.3. The van der Waals surface area contributed by atoms with E-state index in [9.17, 15) is 30.3 Å². The minimum absolute atomic E-state index is 0.00868. The predicted molar refractivity (Wildman–Crippen MR) is 119 cm³/mol. The van der Waals surface area contributed by atoms with E-state index in [0.717, 1.165) is 0 Å². The summed E-state index contributed by atoms with van der Waals surface area (Å²) in [6, 6.07) is 0.835. The highest BCUT2D eigenvalue weighted by Gasteiger charge is 2.40. The molecule has 0 aromatic heterocycles. The van der Waals surface area contributed by atoms with Gasteiger partial charge in [0.05, 0.1) is 20.6 Å². The number of hydrogen-bond donors (Lipinski definition) is 5. The van der Waals surface area contributed by atoms with Gasteiger partial charge in [-0.3, -0.25) is 4.79 Å². The molecule has 2 aromatic carbocycles. The molecule has 10 nitrogen and oxygen atoms in total. The maximum absolute atomic E-state index is 12.4. The average Bonchev–Trinajstić information content (AvgIpc) is 2.94. The molecule has 0 radical (unpaired) electrons. The van der Waals surface area contributed by atoms with Crippen LogP contribution in [0.15, 0.2) is 71.3 Å². The first-order valence-electron chi connectivity index (χ1n) is 12.8. The Balaban J connectivity index is 1.57. The lowest BCUT2D eigenvalue weighted by Gasteiger charge is -2.35. The molecule has 2 aliphatic heterocycles. The molecule has 0 bridgehead atoms. The smallest absolute Gasteiger partial charge is 0.196 e. The van der Waals surface area contributed by atoms with Crippen molar-refractivity contribution in [1.82, 2.24) is 0 Å². The van der Waals surface area contributed by atoms with Gasteiger partial charge in [0, 0.05) is 17.7 Å². The molecule has 0 saturated carbocycles. The van der Waals surface area contributed by atoms with E-state index in [1.165, 1.54) is 25.3 Å². The molecule has 0 fully saturated rings. The van der Waals surface area contributed by atoms with Gasteiger partial charge in [-0.25, -0.2) is 0 Å². The number of ketones is 1. The molecule has 182 valence electrons. The number of aromatic hydroxyl groups is 1.